The van der Waals surface area contributed by atoms with Gasteiger partial charge in [-0.05, 0) is 81.5 Å². The van der Waals surface area contributed by atoms with Crippen molar-refractivity contribution in [1.29, 1.82) is 0 Å². The van der Waals surface area contributed by atoms with Crippen molar-refractivity contribution in [3.05, 3.63) is 71.0 Å². The van der Waals surface area contributed by atoms with Crippen LogP contribution in [-0.2, 0) is 0 Å². The van der Waals surface area contributed by atoms with E-state index in [0.717, 1.165) is 66.5 Å². The second-order valence-electron chi connectivity index (χ2n) is 10.4. The van der Waals surface area contributed by atoms with E-state index >= 15 is 0 Å². The Bertz CT molecular complexity index is 1230. The Kier molecular flexibility index (Phi) is 7.26. The molecule has 1 aromatic carbocycles. The Morgan fingerprint density at radius 1 is 0.946 bits per heavy atom. The summed E-state index contributed by atoms with van der Waals surface area (Å²) in [6.07, 6.45) is 5.61. The molecule has 0 bridgehead atoms. The summed E-state index contributed by atoms with van der Waals surface area (Å²) in [5.41, 5.74) is 5.23. The van der Waals surface area contributed by atoms with Gasteiger partial charge in [-0.15, -0.1) is 5.10 Å². The SMILES string of the molecule is Cc1cc(C)c(C(=O)N2CCN(c3cccnn3)[C@@H](C)C2)c(C)c1NC1CCN(c2ccccn2)CC1. The number of aromatic nitrogens is 3. The maximum Gasteiger partial charge on any atom is 0.254 e. The lowest BCUT2D eigenvalue weighted by Crippen LogP contribution is -2.54. The van der Waals surface area contributed by atoms with Gasteiger partial charge in [0, 0.05) is 68.5 Å². The van der Waals surface area contributed by atoms with Gasteiger partial charge in [0.25, 0.3) is 5.91 Å². The first kappa shape index (κ1) is 25.0. The molecule has 1 N–H and O–H groups in total. The van der Waals surface area contributed by atoms with Gasteiger partial charge in [0.05, 0.1) is 0 Å². The van der Waals surface area contributed by atoms with Gasteiger partial charge in [0.2, 0.25) is 0 Å². The molecule has 0 aliphatic carbocycles. The highest BCUT2D eigenvalue weighted by Crippen LogP contribution is 2.31. The van der Waals surface area contributed by atoms with Gasteiger partial charge in [-0.2, -0.15) is 5.10 Å². The number of pyridine rings is 1. The molecule has 2 aromatic heterocycles. The zero-order chi connectivity index (χ0) is 25.9. The molecule has 2 saturated heterocycles. The molecule has 8 heteroatoms. The Morgan fingerprint density at radius 2 is 1.73 bits per heavy atom. The fraction of sp³-hybridized carbons (Fsp3) is 0.448. The molecule has 37 heavy (non-hydrogen) atoms. The molecule has 5 rings (SSSR count). The zero-order valence-electron chi connectivity index (χ0n) is 22.3. The molecule has 3 aromatic rings. The molecule has 1 atom stereocenters. The van der Waals surface area contributed by atoms with Crippen molar-refractivity contribution < 1.29 is 4.79 Å². The molecular formula is C29H37N7O. The lowest BCUT2D eigenvalue weighted by atomic mass is 9.94. The summed E-state index contributed by atoms with van der Waals surface area (Å²) < 4.78 is 0. The standard InChI is InChI=1S/C29H37N7O/c1-20-18-21(2)28(32-24-10-14-34(15-11-24)25-8-5-6-12-30-25)23(4)27(20)29(37)35-16-17-36(22(3)19-35)26-9-7-13-31-33-26/h5-9,12-13,18,22,24,32H,10-11,14-17,19H2,1-4H3/t22-/m0/s1. The molecule has 8 nitrogen and oxygen atoms in total. The van der Waals surface area contributed by atoms with E-state index in [9.17, 15) is 4.79 Å². The van der Waals surface area contributed by atoms with Crippen molar-refractivity contribution in [2.75, 3.05) is 47.8 Å². The molecule has 0 spiro atoms. The molecule has 0 saturated carbocycles. The number of hydrogen-bond acceptors (Lipinski definition) is 7. The number of hydrogen-bond donors (Lipinski definition) is 1. The van der Waals surface area contributed by atoms with Crippen molar-refractivity contribution in [3.63, 3.8) is 0 Å². The van der Waals surface area contributed by atoms with E-state index in [1.165, 1.54) is 5.56 Å². The number of benzene rings is 1. The molecule has 0 unspecified atom stereocenters. The third-order valence-electron chi connectivity index (χ3n) is 7.77. The molecule has 2 fully saturated rings. The van der Waals surface area contributed by atoms with Gasteiger partial charge in [-0.1, -0.05) is 12.1 Å². The molecule has 2 aliphatic heterocycles. The normalized spacial score (nSPS) is 18.7. The average molecular weight is 500 g/mol. The van der Waals surface area contributed by atoms with Gasteiger partial charge >= 0.3 is 0 Å². The van der Waals surface area contributed by atoms with Crippen LogP contribution in [0.25, 0.3) is 0 Å². The van der Waals surface area contributed by atoms with Crippen molar-refractivity contribution >= 4 is 23.2 Å². The minimum Gasteiger partial charge on any atom is -0.382 e. The molecule has 0 radical (unpaired) electrons. The fourth-order valence-corrected chi connectivity index (χ4v) is 5.82. The number of carbonyl (C=O) groups excluding carboxylic acids is 1. The summed E-state index contributed by atoms with van der Waals surface area (Å²) in [5, 5.41) is 12.1. The summed E-state index contributed by atoms with van der Waals surface area (Å²) in [7, 11) is 0. The lowest BCUT2D eigenvalue weighted by molar-refractivity contribution is 0.0724. The first-order valence-electron chi connectivity index (χ1n) is 13.3. The van der Waals surface area contributed by atoms with Crippen LogP contribution in [0.15, 0.2) is 48.8 Å². The number of piperidine rings is 1. The largest absolute Gasteiger partial charge is 0.382 e. The molecular weight excluding hydrogens is 462 g/mol. The lowest BCUT2D eigenvalue weighted by Gasteiger charge is -2.40. The Hall–Kier alpha value is -3.68. The molecule has 194 valence electrons. The number of aryl methyl sites for hydroxylation is 2. The number of nitrogens with one attached hydrogen (secondary N) is 1. The van der Waals surface area contributed by atoms with E-state index in [1.807, 2.05) is 35.4 Å². The summed E-state index contributed by atoms with van der Waals surface area (Å²) in [4.78, 5) is 24.9. The zero-order valence-corrected chi connectivity index (χ0v) is 22.3. The van der Waals surface area contributed by atoms with E-state index in [0.29, 0.717) is 19.1 Å². The number of carbonyl (C=O) groups is 1. The number of nitrogens with zero attached hydrogens (tertiary/aromatic N) is 6. The van der Waals surface area contributed by atoms with Crippen molar-refractivity contribution in [3.8, 4) is 0 Å². The predicted octanol–water partition coefficient (Wildman–Crippen LogP) is 4.23. The van der Waals surface area contributed by atoms with Gasteiger partial charge in [0.15, 0.2) is 5.82 Å². The Labute approximate surface area is 219 Å². The maximum absolute atomic E-state index is 13.8. The van der Waals surface area contributed by atoms with Crippen molar-refractivity contribution in [1.82, 2.24) is 20.1 Å². The van der Waals surface area contributed by atoms with Crippen LogP contribution in [0.2, 0.25) is 0 Å². The smallest absolute Gasteiger partial charge is 0.254 e. The first-order chi connectivity index (χ1) is 17.9. The van der Waals surface area contributed by atoms with Gasteiger partial charge in [-0.25, -0.2) is 4.98 Å². The van der Waals surface area contributed by atoms with E-state index in [1.54, 1.807) is 6.20 Å². The van der Waals surface area contributed by atoms with Crippen LogP contribution in [-0.4, -0.2) is 70.8 Å². The number of piperazine rings is 1. The van der Waals surface area contributed by atoms with E-state index in [2.05, 4.69) is 70.1 Å². The molecule has 2 aliphatic rings. The quantitative estimate of drug-likeness (QED) is 0.563. The molecule has 1 amide bonds. The highest BCUT2D eigenvalue weighted by Gasteiger charge is 2.31. The van der Waals surface area contributed by atoms with Crippen LogP contribution < -0.4 is 15.1 Å². The van der Waals surface area contributed by atoms with Crippen LogP contribution >= 0.6 is 0 Å². The summed E-state index contributed by atoms with van der Waals surface area (Å²) in [6.45, 7) is 12.5. The van der Waals surface area contributed by atoms with Gasteiger partial charge in [-0.3, -0.25) is 4.79 Å². The Balaban J connectivity index is 1.28. The predicted molar refractivity (Wildman–Crippen MR) is 148 cm³/mol. The third-order valence-corrected chi connectivity index (χ3v) is 7.77. The van der Waals surface area contributed by atoms with Crippen LogP contribution in [0.4, 0.5) is 17.3 Å². The van der Waals surface area contributed by atoms with E-state index in [4.69, 9.17) is 0 Å². The van der Waals surface area contributed by atoms with Crippen molar-refractivity contribution in [2.45, 2.75) is 52.6 Å². The van der Waals surface area contributed by atoms with E-state index < -0.39 is 0 Å². The minimum absolute atomic E-state index is 0.119. The van der Waals surface area contributed by atoms with Crippen LogP contribution in [0.5, 0.6) is 0 Å². The Morgan fingerprint density at radius 3 is 2.41 bits per heavy atom. The molecule has 4 heterocycles. The number of amides is 1. The monoisotopic (exact) mass is 499 g/mol. The summed E-state index contributed by atoms with van der Waals surface area (Å²) in [5.74, 6) is 2.03. The maximum atomic E-state index is 13.8. The number of anilines is 3. The van der Waals surface area contributed by atoms with E-state index in [-0.39, 0.29) is 11.9 Å². The van der Waals surface area contributed by atoms with Gasteiger partial charge in [0.1, 0.15) is 5.82 Å². The first-order valence-corrected chi connectivity index (χ1v) is 13.3. The highest BCUT2D eigenvalue weighted by atomic mass is 16.2. The van der Waals surface area contributed by atoms with Crippen LogP contribution in [0.3, 0.4) is 0 Å². The fourth-order valence-electron chi connectivity index (χ4n) is 5.82. The second kappa shape index (κ2) is 10.7. The minimum atomic E-state index is 0.119. The third kappa shape index (κ3) is 5.24. The second-order valence-corrected chi connectivity index (χ2v) is 10.4. The van der Waals surface area contributed by atoms with Gasteiger partial charge < -0.3 is 20.0 Å². The highest BCUT2D eigenvalue weighted by molar-refractivity contribution is 5.99. The van der Waals surface area contributed by atoms with Crippen molar-refractivity contribution in [2.24, 2.45) is 0 Å². The van der Waals surface area contributed by atoms with Crippen LogP contribution in [0.1, 0.15) is 46.8 Å². The van der Waals surface area contributed by atoms with Crippen LogP contribution in [0, 0.1) is 20.8 Å². The topological polar surface area (TPSA) is 77.5 Å². The number of rotatable bonds is 5. The summed E-state index contributed by atoms with van der Waals surface area (Å²) >= 11 is 0. The summed E-state index contributed by atoms with van der Waals surface area (Å²) in [6, 6.07) is 12.7. The average Bonchev–Trinajstić information content (AvgIpc) is 2.92.